The Morgan fingerprint density at radius 3 is 2.83 bits per heavy atom. The maximum absolute atomic E-state index is 12.4. The van der Waals surface area contributed by atoms with Crippen LogP contribution >= 0.6 is 0 Å². The van der Waals surface area contributed by atoms with Crippen LogP contribution < -0.4 is 5.73 Å². The van der Waals surface area contributed by atoms with E-state index in [9.17, 15) is 4.79 Å². The largest absolute Gasteiger partial charge is 0.337 e. The van der Waals surface area contributed by atoms with E-state index in [4.69, 9.17) is 5.73 Å². The summed E-state index contributed by atoms with van der Waals surface area (Å²) in [5.74, 6) is 0.0340. The average Bonchev–Trinajstić information content (AvgIpc) is 2.80. The Hall–Kier alpha value is -1.35. The molecule has 0 radical (unpaired) electrons. The molecule has 0 bridgehead atoms. The van der Waals surface area contributed by atoms with E-state index in [1.54, 1.807) is 0 Å². The smallest absolute Gasteiger partial charge is 0.242 e. The Morgan fingerprint density at radius 2 is 2.17 bits per heavy atom. The minimum Gasteiger partial charge on any atom is -0.337 e. The number of hydrogen-bond donors (Lipinski definition) is 1. The van der Waals surface area contributed by atoms with Gasteiger partial charge in [0.2, 0.25) is 5.91 Å². The Balaban J connectivity index is 2.22. The fourth-order valence-electron chi connectivity index (χ4n) is 2.63. The van der Waals surface area contributed by atoms with Crippen molar-refractivity contribution in [3.05, 3.63) is 35.4 Å². The first kappa shape index (κ1) is 13.1. The van der Waals surface area contributed by atoms with Crippen LogP contribution in [-0.2, 0) is 11.2 Å². The fraction of sp³-hybridized carbons (Fsp3) is 0.533. The number of amides is 1. The molecule has 2 unspecified atom stereocenters. The maximum atomic E-state index is 12.4. The molecule has 1 amide bonds. The minimum atomic E-state index is -0.758. The molecule has 0 fully saturated rings. The summed E-state index contributed by atoms with van der Waals surface area (Å²) in [5, 5.41) is 0. The van der Waals surface area contributed by atoms with Crippen molar-refractivity contribution in [1.82, 2.24) is 4.90 Å². The summed E-state index contributed by atoms with van der Waals surface area (Å²) in [6.07, 6.45) is 2.71. The van der Waals surface area contributed by atoms with Gasteiger partial charge in [0.1, 0.15) is 0 Å². The molecule has 2 N–H and O–H groups in total. The van der Waals surface area contributed by atoms with E-state index < -0.39 is 5.54 Å². The molecule has 2 atom stereocenters. The van der Waals surface area contributed by atoms with Gasteiger partial charge >= 0.3 is 0 Å². The number of carbonyl (C=O) groups excluding carboxylic acids is 1. The first-order valence-electron chi connectivity index (χ1n) is 6.61. The first-order chi connectivity index (χ1) is 8.47. The van der Waals surface area contributed by atoms with Crippen LogP contribution in [0, 0.1) is 0 Å². The quantitative estimate of drug-likeness (QED) is 0.889. The number of rotatable bonds is 3. The zero-order chi connectivity index (χ0) is 13.3. The first-order valence-corrected chi connectivity index (χ1v) is 6.61. The van der Waals surface area contributed by atoms with E-state index in [0.29, 0.717) is 6.42 Å². The van der Waals surface area contributed by atoms with Gasteiger partial charge in [-0.3, -0.25) is 4.79 Å². The van der Waals surface area contributed by atoms with Crippen LogP contribution in [0.15, 0.2) is 24.3 Å². The van der Waals surface area contributed by atoms with Crippen molar-refractivity contribution in [3.63, 3.8) is 0 Å². The highest BCUT2D eigenvalue weighted by atomic mass is 16.2. The Morgan fingerprint density at radius 1 is 1.50 bits per heavy atom. The zero-order valence-corrected chi connectivity index (χ0v) is 11.4. The van der Waals surface area contributed by atoms with E-state index in [1.165, 1.54) is 11.1 Å². The summed E-state index contributed by atoms with van der Waals surface area (Å²) >= 11 is 0. The number of nitrogens with two attached hydrogens (primary N) is 1. The van der Waals surface area contributed by atoms with Crippen LogP contribution in [0.2, 0.25) is 0 Å². The van der Waals surface area contributed by atoms with Crippen molar-refractivity contribution >= 4 is 5.91 Å². The summed E-state index contributed by atoms with van der Waals surface area (Å²) in [5.41, 5.74) is 7.94. The molecule has 0 aliphatic heterocycles. The Kier molecular flexibility index (Phi) is 3.44. The van der Waals surface area contributed by atoms with E-state index in [1.807, 2.05) is 31.9 Å². The fourth-order valence-corrected chi connectivity index (χ4v) is 2.63. The molecule has 1 aromatic carbocycles. The molecule has 1 aliphatic carbocycles. The van der Waals surface area contributed by atoms with Crippen LogP contribution in [0.1, 0.15) is 43.9 Å². The highest BCUT2D eigenvalue weighted by Crippen LogP contribution is 2.35. The molecule has 98 valence electrons. The molecular weight excluding hydrogens is 224 g/mol. The van der Waals surface area contributed by atoms with Gasteiger partial charge in [0.15, 0.2) is 0 Å². The number of hydrogen-bond acceptors (Lipinski definition) is 2. The number of fused-ring (bicyclic) bond motifs is 1. The lowest BCUT2D eigenvalue weighted by Crippen LogP contribution is -2.52. The number of carbonyl (C=O) groups is 1. The van der Waals surface area contributed by atoms with Crippen molar-refractivity contribution in [1.29, 1.82) is 0 Å². The lowest BCUT2D eigenvalue weighted by Gasteiger charge is -2.32. The second-order valence-corrected chi connectivity index (χ2v) is 5.44. The van der Waals surface area contributed by atoms with E-state index in [-0.39, 0.29) is 11.9 Å². The van der Waals surface area contributed by atoms with Gasteiger partial charge in [-0.05, 0) is 37.3 Å². The van der Waals surface area contributed by atoms with Crippen LogP contribution in [-0.4, -0.2) is 23.4 Å². The van der Waals surface area contributed by atoms with Gasteiger partial charge in [0, 0.05) is 7.05 Å². The zero-order valence-electron chi connectivity index (χ0n) is 11.4. The van der Waals surface area contributed by atoms with Crippen LogP contribution in [0.25, 0.3) is 0 Å². The molecule has 18 heavy (non-hydrogen) atoms. The number of nitrogens with zero attached hydrogens (tertiary/aromatic N) is 1. The standard InChI is InChI=1S/C15H22N2O/c1-4-15(2,16)14(18)17(3)13-10-9-11-7-5-6-8-12(11)13/h5-8,13H,4,9-10,16H2,1-3H3. The molecule has 0 saturated heterocycles. The van der Waals surface area contributed by atoms with Gasteiger partial charge in [-0.25, -0.2) is 0 Å². The average molecular weight is 246 g/mol. The Labute approximate surface area is 109 Å². The van der Waals surface area contributed by atoms with Crippen molar-refractivity contribution in [3.8, 4) is 0 Å². The molecule has 3 nitrogen and oxygen atoms in total. The van der Waals surface area contributed by atoms with Crippen LogP contribution in [0.5, 0.6) is 0 Å². The summed E-state index contributed by atoms with van der Waals surface area (Å²) in [4.78, 5) is 14.2. The monoisotopic (exact) mass is 246 g/mol. The second kappa shape index (κ2) is 4.73. The van der Waals surface area contributed by atoms with E-state index in [0.717, 1.165) is 12.8 Å². The van der Waals surface area contributed by atoms with Crippen molar-refractivity contribution < 1.29 is 4.79 Å². The number of benzene rings is 1. The predicted molar refractivity (Wildman–Crippen MR) is 73.2 cm³/mol. The molecule has 3 heteroatoms. The number of aryl methyl sites for hydroxylation is 1. The van der Waals surface area contributed by atoms with Gasteiger partial charge in [-0.1, -0.05) is 31.2 Å². The van der Waals surface area contributed by atoms with Gasteiger partial charge in [0.25, 0.3) is 0 Å². The minimum absolute atomic E-state index is 0.0340. The van der Waals surface area contributed by atoms with Gasteiger partial charge in [0.05, 0.1) is 11.6 Å². The van der Waals surface area contributed by atoms with Gasteiger partial charge < -0.3 is 10.6 Å². The SMILES string of the molecule is CCC(C)(N)C(=O)N(C)C1CCc2ccccc21. The predicted octanol–water partition coefficient (Wildman–Crippen LogP) is 2.26. The molecular formula is C15H22N2O. The van der Waals surface area contributed by atoms with E-state index in [2.05, 4.69) is 18.2 Å². The topological polar surface area (TPSA) is 46.3 Å². The molecule has 0 saturated carbocycles. The normalized spacial score (nSPS) is 21.2. The van der Waals surface area contributed by atoms with Crippen molar-refractivity contribution in [2.45, 2.75) is 44.7 Å². The summed E-state index contributed by atoms with van der Waals surface area (Å²) in [6, 6.07) is 8.55. The summed E-state index contributed by atoms with van der Waals surface area (Å²) < 4.78 is 0. The third kappa shape index (κ3) is 2.15. The molecule has 0 aromatic heterocycles. The maximum Gasteiger partial charge on any atom is 0.242 e. The van der Waals surface area contributed by atoms with E-state index >= 15 is 0 Å². The van der Waals surface area contributed by atoms with Crippen molar-refractivity contribution in [2.75, 3.05) is 7.05 Å². The molecule has 0 spiro atoms. The van der Waals surface area contributed by atoms with Crippen LogP contribution in [0.4, 0.5) is 0 Å². The third-order valence-electron chi connectivity index (χ3n) is 4.11. The lowest BCUT2D eigenvalue weighted by molar-refractivity contribution is -0.137. The number of likely N-dealkylation sites (N-methyl/N-ethyl adjacent to an activating group) is 1. The highest BCUT2D eigenvalue weighted by Gasteiger charge is 2.35. The second-order valence-electron chi connectivity index (χ2n) is 5.44. The molecule has 0 heterocycles. The van der Waals surface area contributed by atoms with Gasteiger partial charge in [-0.15, -0.1) is 0 Å². The molecule has 1 aromatic rings. The summed E-state index contributed by atoms with van der Waals surface area (Å²) in [7, 11) is 1.87. The lowest BCUT2D eigenvalue weighted by atomic mass is 9.97. The third-order valence-corrected chi connectivity index (χ3v) is 4.11. The highest BCUT2D eigenvalue weighted by molar-refractivity contribution is 5.85. The van der Waals surface area contributed by atoms with Crippen LogP contribution in [0.3, 0.4) is 0 Å². The molecule has 2 rings (SSSR count). The summed E-state index contributed by atoms with van der Waals surface area (Å²) in [6.45, 7) is 3.76. The van der Waals surface area contributed by atoms with Gasteiger partial charge in [-0.2, -0.15) is 0 Å². The van der Waals surface area contributed by atoms with Crippen molar-refractivity contribution in [2.24, 2.45) is 5.73 Å². The Bertz CT molecular complexity index is 454. The molecule has 1 aliphatic rings.